The van der Waals surface area contributed by atoms with Crippen molar-refractivity contribution in [3.63, 3.8) is 0 Å². The Labute approximate surface area is 206 Å². The maximum atomic E-state index is 13.1. The van der Waals surface area contributed by atoms with Crippen molar-refractivity contribution in [3.8, 4) is 5.88 Å². The summed E-state index contributed by atoms with van der Waals surface area (Å²) in [5, 5.41) is 3.91. The molecule has 8 nitrogen and oxygen atoms in total. The lowest BCUT2D eigenvalue weighted by Crippen LogP contribution is -2.39. The smallest absolute Gasteiger partial charge is 0.268 e. The monoisotopic (exact) mass is 494 g/mol. The van der Waals surface area contributed by atoms with Gasteiger partial charge in [0.1, 0.15) is 5.56 Å². The van der Waals surface area contributed by atoms with Crippen molar-refractivity contribution in [2.75, 3.05) is 36.6 Å². The van der Waals surface area contributed by atoms with Gasteiger partial charge in [-0.25, -0.2) is 11.6 Å². The Bertz CT molecular complexity index is 1290. The van der Waals surface area contributed by atoms with Crippen LogP contribution in [-0.2, 0) is 13.0 Å². The predicted molar refractivity (Wildman–Crippen MR) is 131 cm³/mol. The number of nitrogens with one attached hydrogen (secondary N) is 1. The van der Waals surface area contributed by atoms with Crippen LogP contribution in [0.3, 0.4) is 0 Å². The second-order valence-electron chi connectivity index (χ2n) is 8.01. The number of halogens is 2. The van der Waals surface area contributed by atoms with Crippen LogP contribution in [0.2, 0.25) is 10.0 Å². The van der Waals surface area contributed by atoms with Gasteiger partial charge in [0, 0.05) is 25.0 Å². The molecule has 3 aromatic rings. The average Bonchev–Trinajstić information content (AvgIpc) is 2.84. The SMILES string of the molecule is [C-]#[N+]CCN1CCc2cc(Nc3ncc4c(n3)OCN(c3c(Cl)cccc3Cl)C4=O)ccc2C1. The van der Waals surface area contributed by atoms with E-state index in [0.29, 0.717) is 28.2 Å². The minimum absolute atomic E-state index is 0.0609. The molecule has 1 aromatic heterocycles. The number of ether oxygens (including phenoxy) is 1. The molecule has 2 aliphatic rings. The number of para-hydroxylation sites is 1. The fourth-order valence-electron chi connectivity index (χ4n) is 4.13. The first-order chi connectivity index (χ1) is 16.5. The number of rotatable bonds is 5. The van der Waals surface area contributed by atoms with E-state index >= 15 is 0 Å². The first-order valence-corrected chi connectivity index (χ1v) is 11.5. The minimum atomic E-state index is -0.334. The molecule has 0 saturated heterocycles. The first-order valence-electron chi connectivity index (χ1n) is 10.7. The topological polar surface area (TPSA) is 75.0 Å². The molecule has 0 aliphatic carbocycles. The van der Waals surface area contributed by atoms with Gasteiger partial charge in [-0.15, -0.1) is 0 Å². The zero-order valence-electron chi connectivity index (χ0n) is 18.1. The van der Waals surface area contributed by atoms with Crippen molar-refractivity contribution in [1.82, 2.24) is 14.9 Å². The zero-order valence-corrected chi connectivity index (χ0v) is 19.6. The van der Waals surface area contributed by atoms with E-state index in [1.165, 1.54) is 22.2 Å². The quantitative estimate of drug-likeness (QED) is 0.513. The summed E-state index contributed by atoms with van der Waals surface area (Å²) in [6, 6.07) is 11.2. The molecule has 0 bridgehead atoms. The van der Waals surface area contributed by atoms with Crippen molar-refractivity contribution in [3.05, 3.63) is 80.7 Å². The molecule has 0 unspecified atom stereocenters. The molecule has 2 aromatic carbocycles. The van der Waals surface area contributed by atoms with E-state index in [1.807, 2.05) is 6.07 Å². The van der Waals surface area contributed by atoms with Crippen molar-refractivity contribution in [2.45, 2.75) is 13.0 Å². The third kappa shape index (κ3) is 4.38. The van der Waals surface area contributed by atoms with Crippen molar-refractivity contribution >= 4 is 46.4 Å². The standard InChI is InChI=1S/C24H20Cl2N6O2/c1-27-8-10-31-9-7-15-11-17(6-5-16(15)13-31)29-24-28-12-18-22(30-24)34-14-32(23(18)33)21-19(25)3-2-4-20(21)26/h2-6,11-12H,7-10,13-14H2,(H,28,29,30). The number of amides is 1. The maximum absolute atomic E-state index is 13.1. The van der Waals surface area contributed by atoms with Gasteiger partial charge in [-0.1, -0.05) is 35.3 Å². The van der Waals surface area contributed by atoms with E-state index in [0.717, 1.165) is 31.7 Å². The lowest BCUT2D eigenvalue weighted by atomic mass is 9.99. The van der Waals surface area contributed by atoms with Crippen molar-refractivity contribution in [2.24, 2.45) is 0 Å². The number of carbonyl (C=O) groups excluding carboxylic acids is 1. The number of hydrogen-bond acceptors (Lipinski definition) is 6. The highest BCUT2D eigenvalue weighted by atomic mass is 35.5. The highest BCUT2D eigenvalue weighted by Crippen LogP contribution is 2.37. The Balaban J connectivity index is 1.32. The molecule has 1 N–H and O–H groups in total. The van der Waals surface area contributed by atoms with E-state index in [2.05, 4.69) is 37.2 Å². The van der Waals surface area contributed by atoms with Gasteiger partial charge >= 0.3 is 0 Å². The summed E-state index contributed by atoms with van der Waals surface area (Å²) in [7, 11) is 0. The Hall–Kier alpha value is -3.38. The normalized spacial score (nSPS) is 15.2. The van der Waals surface area contributed by atoms with Crippen LogP contribution in [0.4, 0.5) is 17.3 Å². The molecule has 0 atom stereocenters. The molecule has 34 heavy (non-hydrogen) atoms. The lowest BCUT2D eigenvalue weighted by Gasteiger charge is -2.29. The zero-order chi connectivity index (χ0) is 23.7. The van der Waals surface area contributed by atoms with Gasteiger partial charge < -0.3 is 14.9 Å². The van der Waals surface area contributed by atoms with Gasteiger partial charge in [-0.2, -0.15) is 4.98 Å². The number of anilines is 3. The third-order valence-electron chi connectivity index (χ3n) is 5.85. The first kappa shape index (κ1) is 22.4. The summed E-state index contributed by atoms with van der Waals surface area (Å²) in [5.74, 6) is 0.208. The Morgan fingerprint density at radius 3 is 2.79 bits per heavy atom. The second kappa shape index (κ2) is 9.47. The van der Waals surface area contributed by atoms with Crippen LogP contribution in [0.5, 0.6) is 5.88 Å². The van der Waals surface area contributed by atoms with Gasteiger partial charge in [0.05, 0.1) is 22.3 Å². The molecule has 0 spiro atoms. The number of aromatic nitrogens is 2. The van der Waals surface area contributed by atoms with E-state index in [9.17, 15) is 4.79 Å². The summed E-state index contributed by atoms with van der Waals surface area (Å²) in [4.78, 5) is 28.9. The molecule has 0 saturated carbocycles. The predicted octanol–water partition coefficient (Wildman–Crippen LogP) is 4.80. The van der Waals surface area contributed by atoms with Gasteiger partial charge in [0.15, 0.2) is 6.73 Å². The van der Waals surface area contributed by atoms with Crippen LogP contribution in [0.15, 0.2) is 42.6 Å². The number of benzene rings is 2. The second-order valence-corrected chi connectivity index (χ2v) is 8.82. The maximum Gasteiger partial charge on any atom is 0.268 e. The number of nitrogens with zero attached hydrogens (tertiary/aromatic N) is 5. The van der Waals surface area contributed by atoms with Crippen LogP contribution in [-0.4, -0.2) is 47.1 Å². The van der Waals surface area contributed by atoms with E-state index in [4.69, 9.17) is 34.5 Å². The largest absolute Gasteiger partial charge is 0.455 e. The van der Waals surface area contributed by atoms with Crippen LogP contribution in [0, 0.1) is 6.57 Å². The molecule has 0 fully saturated rings. The Morgan fingerprint density at radius 2 is 2.00 bits per heavy atom. The molecule has 0 radical (unpaired) electrons. The van der Waals surface area contributed by atoms with Gasteiger partial charge in [-0.3, -0.25) is 14.6 Å². The van der Waals surface area contributed by atoms with Gasteiger partial charge in [0.25, 0.3) is 5.91 Å². The van der Waals surface area contributed by atoms with Gasteiger partial charge in [-0.05, 0) is 41.8 Å². The van der Waals surface area contributed by atoms with Crippen LogP contribution < -0.4 is 15.0 Å². The molecule has 172 valence electrons. The Kier molecular flexibility index (Phi) is 6.24. The number of fused-ring (bicyclic) bond motifs is 2. The molecule has 3 heterocycles. The molecular weight excluding hydrogens is 475 g/mol. The summed E-state index contributed by atoms with van der Waals surface area (Å²) < 4.78 is 5.75. The highest BCUT2D eigenvalue weighted by Gasteiger charge is 2.31. The molecule has 2 aliphatic heterocycles. The summed E-state index contributed by atoms with van der Waals surface area (Å²) >= 11 is 12.5. The van der Waals surface area contributed by atoms with Crippen LogP contribution in [0.1, 0.15) is 21.5 Å². The van der Waals surface area contributed by atoms with E-state index in [1.54, 1.807) is 18.2 Å². The van der Waals surface area contributed by atoms with Crippen LogP contribution >= 0.6 is 23.2 Å². The Morgan fingerprint density at radius 1 is 1.18 bits per heavy atom. The van der Waals surface area contributed by atoms with E-state index < -0.39 is 0 Å². The number of hydrogen-bond donors (Lipinski definition) is 1. The number of carbonyl (C=O) groups is 1. The lowest BCUT2D eigenvalue weighted by molar-refractivity contribution is 0.0932. The minimum Gasteiger partial charge on any atom is -0.455 e. The van der Waals surface area contributed by atoms with E-state index in [-0.39, 0.29) is 24.1 Å². The summed E-state index contributed by atoms with van der Waals surface area (Å²) in [5.41, 5.74) is 4.02. The third-order valence-corrected chi connectivity index (χ3v) is 6.46. The fraction of sp³-hybridized carbons (Fsp3) is 0.250. The van der Waals surface area contributed by atoms with Crippen LogP contribution in [0.25, 0.3) is 4.85 Å². The summed E-state index contributed by atoms with van der Waals surface area (Å²) in [6.45, 7) is 10.0. The molecule has 10 heteroatoms. The molecular formula is C24H20Cl2N6O2. The molecule has 5 rings (SSSR count). The molecule has 1 amide bonds. The van der Waals surface area contributed by atoms with Crippen molar-refractivity contribution in [1.29, 1.82) is 0 Å². The van der Waals surface area contributed by atoms with Gasteiger partial charge in [0.2, 0.25) is 18.4 Å². The average molecular weight is 495 g/mol. The summed E-state index contributed by atoms with van der Waals surface area (Å²) in [6.07, 6.45) is 2.36. The fourth-order valence-corrected chi connectivity index (χ4v) is 4.73. The van der Waals surface area contributed by atoms with Crippen molar-refractivity contribution < 1.29 is 9.53 Å². The highest BCUT2D eigenvalue weighted by molar-refractivity contribution is 6.40.